The molecule has 0 unspecified atom stereocenters. The molecule has 0 aromatic heterocycles. The summed E-state index contributed by atoms with van der Waals surface area (Å²) in [6, 6.07) is 0. The van der Waals surface area contributed by atoms with Gasteiger partial charge in [-0.2, -0.15) is 0 Å². The molecule has 1 aliphatic rings. The molecule has 0 aromatic carbocycles. The molecular weight excluding hydrogens is 376 g/mol. The Morgan fingerprint density at radius 3 is 1.07 bits per heavy atom. The number of hydrogen-bond acceptors (Lipinski definition) is 6. The first-order valence-electron chi connectivity index (χ1n) is 8.86. The second-order valence-corrected chi connectivity index (χ2v) is 7.36. The van der Waals surface area contributed by atoms with Crippen LogP contribution in [0.4, 0.5) is 0 Å². The van der Waals surface area contributed by atoms with Gasteiger partial charge in [-0.05, 0) is 25.7 Å². The fourth-order valence-electron chi connectivity index (χ4n) is 3.98. The summed E-state index contributed by atoms with van der Waals surface area (Å²) in [6.07, 6.45) is -3.56. The summed E-state index contributed by atoms with van der Waals surface area (Å²) in [7, 11) is 0. The van der Waals surface area contributed by atoms with Crippen LogP contribution in [0.2, 0.25) is 0 Å². The minimum absolute atomic E-state index is 0.262. The Kier molecular flexibility index (Phi) is 7.83. The van der Waals surface area contributed by atoms with Crippen molar-refractivity contribution in [1.82, 2.24) is 0 Å². The van der Waals surface area contributed by atoms with Crippen LogP contribution < -0.4 is 0 Å². The van der Waals surface area contributed by atoms with Gasteiger partial charge in [-0.25, -0.2) is 0 Å². The number of aliphatic carboxylic acids is 4. The van der Waals surface area contributed by atoms with Crippen molar-refractivity contribution in [2.75, 3.05) is 0 Å². The second kappa shape index (κ2) is 9.43. The number of hydrogen-bond donors (Lipinski definition) is 4. The number of carboxylic acid groups (broad SMARTS) is 4. The zero-order chi connectivity index (χ0) is 21.5. The lowest BCUT2D eigenvalue weighted by Gasteiger charge is -2.46. The Hall–Kier alpha value is -2.78. The maximum Gasteiger partial charge on any atom is 0.303 e. The van der Waals surface area contributed by atoms with E-state index in [1.165, 1.54) is 0 Å². The van der Waals surface area contributed by atoms with Crippen molar-refractivity contribution >= 4 is 35.4 Å². The van der Waals surface area contributed by atoms with Gasteiger partial charge in [0.2, 0.25) is 0 Å². The van der Waals surface area contributed by atoms with Crippen molar-refractivity contribution in [2.24, 2.45) is 10.8 Å². The summed E-state index contributed by atoms with van der Waals surface area (Å²) in [5.41, 5.74) is -3.10. The average Bonchev–Trinajstić information content (AvgIpc) is 2.58. The average molecular weight is 400 g/mol. The highest BCUT2D eigenvalue weighted by molar-refractivity contribution is 6.02. The van der Waals surface area contributed by atoms with E-state index in [0.717, 1.165) is 0 Å². The molecule has 0 aliphatic heterocycles. The van der Waals surface area contributed by atoms with Crippen LogP contribution in [0.15, 0.2) is 0 Å². The van der Waals surface area contributed by atoms with E-state index in [-0.39, 0.29) is 38.5 Å². The van der Waals surface area contributed by atoms with E-state index in [1.807, 2.05) is 0 Å². The first-order chi connectivity index (χ1) is 12.9. The van der Waals surface area contributed by atoms with Crippen LogP contribution in [0.3, 0.4) is 0 Å². The fourth-order valence-corrected chi connectivity index (χ4v) is 3.98. The Morgan fingerprint density at radius 1 is 0.607 bits per heavy atom. The molecule has 1 fully saturated rings. The van der Waals surface area contributed by atoms with Gasteiger partial charge in [0.05, 0.1) is 0 Å². The molecule has 10 nitrogen and oxygen atoms in total. The molecule has 156 valence electrons. The number of Topliss-reactive ketones (excluding diaryl/α,β-unsaturated/α-hetero) is 2. The third-order valence-electron chi connectivity index (χ3n) is 5.30. The van der Waals surface area contributed by atoms with Crippen molar-refractivity contribution in [1.29, 1.82) is 0 Å². The Morgan fingerprint density at radius 2 is 0.857 bits per heavy atom. The monoisotopic (exact) mass is 400 g/mol. The molecule has 0 aromatic rings. The standard InChI is InChI=1S/C18H24O10/c19-11-9-17(5-1-12(20)21,6-2-13(22)23)16(28)18(10-11,7-3-14(24)25)8-4-15(26)27/h1-10H2,(H,20,21)(H,22,23)(H,24,25)(H,26,27). The molecule has 4 N–H and O–H groups in total. The summed E-state index contributed by atoms with van der Waals surface area (Å²) in [6.45, 7) is 0. The van der Waals surface area contributed by atoms with Gasteiger partial charge in [-0.3, -0.25) is 28.8 Å². The van der Waals surface area contributed by atoms with E-state index in [2.05, 4.69) is 0 Å². The number of carbonyl (C=O) groups excluding carboxylic acids is 2. The number of ketones is 2. The zero-order valence-electron chi connectivity index (χ0n) is 15.3. The number of carbonyl (C=O) groups is 6. The predicted octanol–water partition coefficient (Wildman–Crippen LogP) is 1.35. The van der Waals surface area contributed by atoms with Crippen LogP contribution in [0.5, 0.6) is 0 Å². The SMILES string of the molecule is O=C(O)CCC1(CCC(=O)O)CC(=O)CC(CCC(=O)O)(CCC(=O)O)C1=O. The minimum Gasteiger partial charge on any atom is -0.481 e. The highest BCUT2D eigenvalue weighted by Gasteiger charge is 2.55. The van der Waals surface area contributed by atoms with Gasteiger partial charge in [-0.1, -0.05) is 0 Å². The highest BCUT2D eigenvalue weighted by Crippen LogP contribution is 2.51. The normalized spacial score (nSPS) is 17.9. The van der Waals surface area contributed by atoms with E-state index in [1.54, 1.807) is 0 Å². The molecule has 0 atom stereocenters. The summed E-state index contributed by atoms with van der Waals surface area (Å²) < 4.78 is 0. The fraction of sp³-hybridized carbons (Fsp3) is 0.667. The zero-order valence-corrected chi connectivity index (χ0v) is 15.3. The molecule has 10 heteroatoms. The summed E-state index contributed by atoms with van der Waals surface area (Å²) in [5.74, 6) is -5.90. The first kappa shape index (κ1) is 23.3. The van der Waals surface area contributed by atoms with Gasteiger partial charge >= 0.3 is 23.9 Å². The van der Waals surface area contributed by atoms with Gasteiger partial charge in [-0.15, -0.1) is 0 Å². The third-order valence-corrected chi connectivity index (χ3v) is 5.30. The predicted molar refractivity (Wildman–Crippen MR) is 91.6 cm³/mol. The van der Waals surface area contributed by atoms with E-state index < -0.39 is 72.0 Å². The van der Waals surface area contributed by atoms with E-state index in [9.17, 15) is 28.8 Å². The highest BCUT2D eigenvalue weighted by atomic mass is 16.4. The first-order valence-corrected chi connectivity index (χ1v) is 8.86. The van der Waals surface area contributed by atoms with E-state index >= 15 is 0 Å². The van der Waals surface area contributed by atoms with Gasteiger partial charge < -0.3 is 20.4 Å². The lowest BCUT2D eigenvalue weighted by molar-refractivity contribution is -0.157. The minimum atomic E-state index is -1.55. The lowest BCUT2D eigenvalue weighted by Crippen LogP contribution is -2.51. The van der Waals surface area contributed by atoms with Crippen LogP contribution in [-0.2, 0) is 28.8 Å². The van der Waals surface area contributed by atoms with Gasteiger partial charge in [0.15, 0.2) is 0 Å². The molecule has 1 aliphatic carbocycles. The van der Waals surface area contributed by atoms with Crippen LogP contribution in [-0.4, -0.2) is 55.9 Å². The van der Waals surface area contributed by atoms with Gasteiger partial charge in [0, 0.05) is 49.4 Å². The van der Waals surface area contributed by atoms with E-state index in [4.69, 9.17) is 20.4 Å². The smallest absolute Gasteiger partial charge is 0.303 e. The third kappa shape index (κ3) is 6.14. The maximum atomic E-state index is 13.4. The number of carboxylic acids is 4. The van der Waals surface area contributed by atoms with Crippen molar-refractivity contribution in [3.05, 3.63) is 0 Å². The largest absolute Gasteiger partial charge is 0.481 e. The quantitative estimate of drug-likeness (QED) is 0.373. The number of rotatable bonds is 12. The van der Waals surface area contributed by atoms with E-state index in [0.29, 0.717) is 0 Å². The van der Waals surface area contributed by atoms with Crippen LogP contribution in [0.1, 0.15) is 64.2 Å². The molecule has 0 bridgehead atoms. The maximum absolute atomic E-state index is 13.4. The second-order valence-electron chi connectivity index (χ2n) is 7.36. The molecular formula is C18H24O10. The Balaban J connectivity index is 3.35. The molecule has 0 heterocycles. The van der Waals surface area contributed by atoms with Crippen molar-refractivity contribution in [2.45, 2.75) is 64.2 Å². The van der Waals surface area contributed by atoms with Gasteiger partial charge in [0.25, 0.3) is 0 Å². The van der Waals surface area contributed by atoms with Crippen molar-refractivity contribution in [3.8, 4) is 0 Å². The molecule has 0 spiro atoms. The van der Waals surface area contributed by atoms with Crippen molar-refractivity contribution in [3.63, 3.8) is 0 Å². The van der Waals surface area contributed by atoms with Crippen molar-refractivity contribution < 1.29 is 49.2 Å². The Labute approximate surface area is 160 Å². The lowest BCUT2D eigenvalue weighted by atomic mass is 9.55. The molecule has 1 rings (SSSR count). The Bertz CT molecular complexity index is 588. The van der Waals surface area contributed by atoms with Crippen LogP contribution >= 0.6 is 0 Å². The molecule has 1 saturated carbocycles. The molecule has 0 radical (unpaired) electrons. The van der Waals surface area contributed by atoms with Crippen LogP contribution in [0.25, 0.3) is 0 Å². The molecule has 28 heavy (non-hydrogen) atoms. The van der Waals surface area contributed by atoms with Crippen LogP contribution in [0, 0.1) is 10.8 Å². The summed E-state index contributed by atoms with van der Waals surface area (Å²) in [5, 5.41) is 36.0. The molecule has 0 amide bonds. The molecule has 0 saturated heterocycles. The topological polar surface area (TPSA) is 183 Å². The summed E-state index contributed by atoms with van der Waals surface area (Å²) in [4.78, 5) is 70.1. The summed E-state index contributed by atoms with van der Waals surface area (Å²) >= 11 is 0. The van der Waals surface area contributed by atoms with Gasteiger partial charge in [0.1, 0.15) is 11.6 Å².